The highest BCUT2D eigenvalue weighted by Gasteiger charge is 2.30. The van der Waals surface area contributed by atoms with Crippen molar-refractivity contribution in [1.82, 2.24) is 4.90 Å². The quantitative estimate of drug-likeness (QED) is 0.880. The van der Waals surface area contributed by atoms with E-state index in [0.717, 1.165) is 11.6 Å². The van der Waals surface area contributed by atoms with Crippen LogP contribution < -0.4 is 5.14 Å². The van der Waals surface area contributed by atoms with E-state index < -0.39 is 32.7 Å². The van der Waals surface area contributed by atoms with E-state index in [2.05, 4.69) is 0 Å². The summed E-state index contributed by atoms with van der Waals surface area (Å²) in [7, 11) is -4.35. The number of piperidine rings is 1. The van der Waals surface area contributed by atoms with Gasteiger partial charge in [-0.2, -0.15) is 0 Å². The first-order valence-electron chi connectivity index (χ1n) is 8.19. The summed E-state index contributed by atoms with van der Waals surface area (Å²) in [5, 5.41) is 4.89. The zero-order chi connectivity index (χ0) is 18.9. The Kier molecular flexibility index (Phi) is 5.36. The molecule has 140 valence electrons. The molecule has 8 heteroatoms. The van der Waals surface area contributed by atoms with Crippen LogP contribution >= 0.6 is 0 Å². The number of halogens is 3. The molecule has 1 aliphatic rings. The molecule has 0 saturated carbocycles. The van der Waals surface area contributed by atoms with Crippen molar-refractivity contribution in [3.05, 3.63) is 65.2 Å². The average Bonchev–Trinajstić information content (AvgIpc) is 2.59. The number of nitrogens with two attached hydrogens (primary N) is 1. The lowest BCUT2D eigenvalue weighted by Crippen LogP contribution is -2.37. The second-order valence-electron chi connectivity index (χ2n) is 6.44. The molecule has 1 aliphatic heterocycles. The maximum Gasteiger partial charge on any atom is 0.241 e. The highest BCUT2D eigenvalue weighted by molar-refractivity contribution is 7.89. The number of nitrogens with zero attached hydrogens (tertiary/aromatic N) is 1. The first kappa shape index (κ1) is 18.9. The summed E-state index contributed by atoms with van der Waals surface area (Å²) in [6, 6.07) is 10.5. The Bertz CT molecular complexity index is 891. The lowest BCUT2D eigenvalue weighted by molar-refractivity contribution is 0.0825. The van der Waals surface area contributed by atoms with Crippen molar-refractivity contribution in [2.75, 3.05) is 6.54 Å². The minimum absolute atomic E-state index is 0.00754. The van der Waals surface area contributed by atoms with E-state index in [1.54, 1.807) is 0 Å². The van der Waals surface area contributed by atoms with Gasteiger partial charge in [0.25, 0.3) is 0 Å². The lowest BCUT2D eigenvalue weighted by Gasteiger charge is -2.37. The van der Waals surface area contributed by atoms with Gasteiger partial charge in [-0.3, -0.25) is 4.90 Å². The third-order valence-electron chi connectivity index (χ3n) is 4.61. The monoisotopic (exact) mass is 384 g/mol. The molecule has 26 heavy (non-hydrogen) atoms. The summed E-state index contributed by atoms with van der Waals surface area (Å²) < 4.78 is 64.9. The number of primary sulfonamides is 1. The summed E-state index contributed by atoms with van der Waals surface area (Å²) in [6.07, 6.45) is -0.380. The van der Waals surface area contributed by atoms with Crippen molar-refractivity contribution < 1.29 is 21.6 Å². The predicted molar refractivity (Wildman–Crippen MR) is 91.5 cm³/mol. The van der Waals surface area contributed by atoms with Crippen LogP contribution in [0.25, 0.3) is 0 Å². The van der Waals surface area contributed by atoms with Gasteiger partial charge in [-0.25, -0.2) is 26.7 Å². The molecule has 2 atom stereocenters. The summed E-state index contributed by atoms with van der Waals surface area (Å²) in [5.74, 6) is -1.95. The van der Waals surface area contributed by atoms with Crippen molar-refractivity contribution in [2.45, 2.75) is 36.5 Å². The molecule has 3 rings (SSSR count). The van der Waals surface area contributed by atoms with E-state index in [4.69, 9.17) is 5.14 Å². The third kappa shape index (κ3) is 4.08. The Morgan fingerprint density at radius 1 is 1.12 bits per heavy atom. The average molecular weight is 384 g/mol. The molecule has 0 amide bonds. The molecule has 0 aromatic heterocycles. The van der Waals surface area contributed by atoms with E-state index in [1.807, 2.05) is 35.2 Å². The molecule has 1 heterocycles. The molecular weight excluding hydrogens is 365 g/mol. The van der Waals surface area contributed by atoms with Crippen LogP contribution in [0.4, 0.5) is 13.2 Å². The van der Waals surface area contributed by atoms with Gasteiger partial charge in [0, 0.05) is 24.7 Å². The van der Waals surface area contributed by atoms with Crippen LogP contribution in [-0.4, -0.2) is 26.0 Å². The fourth-order valence-electron chi connectivity index (χ4n) is 3.31. The van der Waals surface area contributed by atoms with E-state index >= 15 is 0 Å². The maximum atomic E-state index is 14.3. The van der Waals surface area contributed by atoms with Gasteiger partial charge >= 0.3 is 0 Å². The predicted octanol–water partition coefficient (Wildman–Crippen LogP) is 3.29. The second-order valence-corrected chi connectivity index (χ2v) is 7.97. The lowest BCUT2D eigenvalue weighted by atomic mass is 9.93. The smallest absolute Gasteiger partial charge is 0.241 e. The zero-order valence-electron chi connectivity index (χ0n) is 13.9. The summed E-state index contributed by atoms with van der Waals surface area (Å²) in [4.78, 5) is 1.00. The highest BCUT2D eigenvalue weighted by atomic mass is 32.2. The largest absolute Gasteiger partial charge is 0.292 e. The number of rotatable bonds is 4. The molecule has 1 fully saturated rings. The summed E-state index contributed by atoms with van der Waals surface area (Å²) >= 11 is 0. The number of sulfonamides is 1. The molecule has 0 spiro atoms. The van der Waals surface area contributed by atoms with Gasteiger partial charge in [-0.05, 0) is 30.5 Å². The minimum atomic E-state index is -4.35. The van der Waals surface area contributed by atoms with Crippen LogP contribution in [0.15, 0.2) is 47.4 Å². The normalized spacial score (nSPS) is 21.7. The number of likely N-dealkylation sites (tertiary alicyclic amines) is 1. The standard InChI is InChI=1S/C18H19F3N2O2S/c19-14-6-7-23(17(9-14)12-4-2-1-3-5-12)11-13-8-16(21)18(10-15(13)20)26(22,24)25/h1-5,8,10,14,17H,6-7,9,11H2,(H2,22,24,25)/t14-,17-/m1/s1. The SMILES string of the molecule is NS(=O)(=O)c1cc(F)c(CN2CC[C@@H](F)C[C@@H]2c2ccccc2)cc1F. The van der Waals surface area contributed by atoms with E-state index in [1.165, 1.54) is 0 Å². The molecule has 2 aromatic carbocycles. The molecule has 0 aliphatic carbocycles. The Labute approximate surface area is 150 Å². The number of hydrogen-bond donors (Lipinski definition) is 1. The number of alkyl halides is 1. The van der Waals surface area contributed by atoms with Crippen molar-refractivity contribution in [3.8, 4) is 0 Å². The highest BCUT2D eigenvalue weighted by Crippen LogP contribution is 2.34. The Morgan fingerprint density at radius 3 is 2.46 bits per heavy atom. The molecule has 0 unspecified atom stereocenters. The topological polar surface area (TPSA) is 63.4 Å². The van der Waals surface area contributed by atoms with Crippen LogP contribution in [0.3, 0.4) is 0 Å². The van der Waals surface area contributed by atoms with Gasteiger partial charge in [-0.15, -0.1) is 0 Å². The number of hydrogen-bond acceptors (Lipinski definition) is 3. The molecule has 0 bridgehead atoms. The van der Waals surface area contributed by atoms with Gasteiger partial charge in [0.2, 0.25) is 10.0 Å². The molecule has 4 nitrogen and oxygen atoms in total. The zero-order valence-corrected chi connectivity index (χ0v) is 14.7. The molecule has 1 saturated heterocycles. The maximum absolute atomic E-state index is 14.3. The van der Waals surface area contributed by atoms with Crippen LogP contribution in [0, 0.1) is 11.6 Å². The van der Waals surface area contributed by atoms with Crippen LogP contribution in [-0.2, 0) is 16.6 Å². The molecular formula is C18H19F3N2O2S. The van der Waals surface area contributed by atoms with Crippen molar-refractivity contribution in [2.24, 2.45) is 5.14 Å². The summed E-state index contributed by atoms with van der Waals surface area (Å²) in [6.45, 7) is 0.429. The third-order valence-corrected chi connectivity index (χ3v) is 5.54. The van der Waals surface area contributed by atoms with Crippen LogP contribution in [0.2, 0.25) is 0 Å². The van der Waals surface area contributed by atoms with Crippen LogP contribution in [0.1, 0.15) is 30.0 Å². The first-order valence-corrected chi connectivity index (χ1v) is 9.74. The van der Waals surface area contributed by atoms with Crippen molar-refractivity contribution in [1.29, 1.82) is 0 Å². The van der Waals surface area contributed by atoms with Gasteiger partial charge in [0.05, 0.1) is 0 Å². The summed E-state index contributed by atoms with van der Waals surface area (Å²) in [5.41, 5.74) is 0.907. The fourth-order valence-corrected chi connectivity index (χ4v) is 3.91. The van der Waals surface area contributed by atoms with Crippen LogP contribution in [0.5, 0.6) is 0 Å². The van der Waals surface area contributed by atoms with E-state index in [0.29, 0.717) is 19.0 Å². The molecule has 2 aromatic rings. The van der Waals surface area contributed by atoms with Crippen molar-refractivity contribution >= 4 is 10.0 Å². The van der Waals surface area contributed by atoms with E-state index in [9.17, 15) is 21.6 Å². The first-order chi connectivity index (χ1) is 12.3. The van der Waals surface area contributed by atoms with E-state index in [-0.39, 0.29) is 24.6 Å². The second kappa shape index (κ2) is 7.38. The van der Waals surface area contributed by atoms with Gasteiger partial charge in [-0.1, -0.05) is 30.3 Å². The van der Waals surface area contributed by atoms with Gasteiger partial charge in [0.15, 0.2) is 0 Å². The van der Waals surface area contributed by atoms with Gasteiger partial charge in [0.1, 0.15) is 22.7 Å². The Balaban J connectivity index is 1.90. The Hall–Kier alpha value is -1.90. The van der Waals surface area contributed by atoms with Gasteiger partial charge < -0.3 is 0 Å². The minimum Gasteiger partial charge on any atom is -0.292 e. The number of benzene rings is 2. The molecule has 2 N–H and O–H groups in total. The van der Waals surface area contributed by atoms with Crippen molar-refractivity contribution in [3.63, 3.8) is 0 Å². The fraction of sp³-hybridized carbons (Fsp3) is 0.333. The molecule has 0 radical (unpaired) electrons. The Morgan fingerprint density at radius 2 is 1.81 bits per heavy atom.